The molecular formula is C29H46N2O2. The third-order valence-electron chi connectivity index (χ3n) is 7.52. The number of hydrogen-bond donors (Lipinski definition) is 1. The Morgan fingerprint density at radius 3 is 2.48 bits per heavy atom. The predicted octanol–water partition coefficient (Wildman–Crippen LogP) is 6.82. The van der Waals surface area contributed by atoms with Gasteiger partial charge in [-0.3, -0.25) is 0 Å². The summed E-state index contributed by atoms with van der Waals surface area (Å²) in [6, 6.07) is 6.80. The van der Waals surface area contributed by atoms with Gasteiger partial charge in [-0.25, -0.2) is 4.79 Å². The van der Waals surface area contributed by atoms with Gasteiger partial charge in [0, 0.05) is 26.0 Å². The van der Waals surface area contributed by atoms with Gasteiger partial charge in [-0.2, -0.15) is 0 Å². The topological polar surface area (TPSA) is 41.6 Å². The largest absolute Gasteiger partial charge is 0.381 e. The van der Waals surface area contributed by atoms with Gasteiger partial charge in [-0.1, -0.05) is 52.8 Å². The van der Waals surface area contributed by atoms with Crippen LogP contribution in [0.4, 0.5) is 4.79 Å². The van der Waals surface area contributed by atoms with Crippen LogP contribution in [-0.4, -0.2) is 30.7 Å². The average molecular weight is 455 g/mol. The van der Waals surface area contributed by atoms with Gasteiger partial charge in [0.25, 0.3) is 0 Å². The molecule has 4 nitrogen and oxygen atoms in total. The second-order valence-corrected chi connectivity index (χ2v) is 12.0. The second kappa shape index (κ2) is 10.2. The van der Waals surface area contributed by atoms with Crippen LogP contribution in [0.1, 0.15) is 84.4 Å². The van der Waals surface area contributed by atoms with E-state index in [2.05, 4.69) is 78.2 Å². The van der Waals surface area contributed by atoms with Crippen molar-refractivity contribution in [3.05, 3.63) is 46.7 Å². The van der Waals surface area contributed by atoms with Gasteiger partial charge in [0.2, 0.25) is 0 Å². The highest BCUT2D eigenvalue weighted by Gasteiger charge is 2.41. The standard InChI is InChI=1S/C29H46N2O2/c1-9-33-19-23-15-22(16-23)17-31-18-26(20(2)3)29(8,30-27(31)32)25-11-10-24(21(4)14-25)12-13-28(5,6)7/h10-11,14,18,20,22-23H,9,12-13,15-17,19H2,1-8H3,(H,30,32)/t22?,23?,29-/m0/s1. The minimum Gasteiger partial charge on any atom is -0.381 e. The molecular weight excluding hydrogens is 408 g/mol. The molecule has 2 aliphatic rings. The number of nitrogens with one attached hydrogen (secondary N) is 1. The smallest absolute Gasteiger partial charge is 0.322 e. The van der Waals surface area contributed by atoms with Crippen LogP contribution in [0.2, 0.25) is 0 Å². The molecule has 1 saturated carbocycles. The van der Waals surface area contributed by atoms with Gasteiger partial charge in [-0.15, -0.1) is 0 Å². The summed E-state index contributed by atoms with van der Waals surface area (Å²) < 4.78 is 5.57. The van der Waals surface area contributed by atoms with E-state index < -0.39 is 5.54 Å². The van der Waals surface area contributed by atoms with Crippen LogP contribution >= 0.6 is 0 Å². The molecule has 2 amide bonds. The van der Waals surface area contributed by atoms with Crippen LogP contribution in [0.3, 0.4) is 0 Å². The van der Waals surface area contributed by atoms with Crippen molar-refractivity contribution in [3.63, 3.8) is 0 Å². The van der Waals surface area contributed by atoms with Crippen molar-refractivity contribution in [2.24, 2.45) is 23.2 Å². The van der Waals surface area contributed by atoms with Gasteiger partial charge in [0.15, 0.2) is 0 Å². The third-order valence-corrected chi connectivity index (χ3v) is 7.52. The van der Waals surface area contributed by atoms with Crippen molar-refractivity contribution in [1.82, 2.24) is 10.2 Å². The van der Waals surface area contributed by atoms with Crippen LogP contribution in [0.15, 0.2) is 30.0 Å². The van der Waals surface area contributed by atoms with Crippen molar-refractivity contribution in [3.8, 4) is 0 Å². The fourth-order valence-corrected chi connectivity index (χ4v) is 5.33. The van der Waals surface area contributed by atoms with E-state index in [1.54, 1.807) is 0 Å². The van der Waals surface area contributed by atoms with Gasteiger partial charge in [0.05, 0.1) is 5.54 Å². The zero-order valence-electron chi connectivity index (χ0n) is 22.3. The molecule has 33 heavy (non-hydrogen) atoms. The second-order valence-electron chi connectivity index (χ2n) is 12.0. The highest BCUT2D eigenvalue weighted by molar-refractivity contribution is 5.79. The molecule has 3 rings (SSSR count). The highest BCUT2D eigenvalue weighted by atomic mass is 16.5. The molecule has 1 aromatic rings. The zero-order valence-corrected chi connectivity index (χ0v) is 22.3. The summed E-state index contributed by atoms with van der Waals surface area (Å²) in [5.74, 6) is 1.56. The number of nitrogens with zero attached hydrogens (tertiary/aromatic N) is 1. The number of rotatable bonds is 9. The van der Waals surface area contributed by atoms with Crippen LogP contribution in [0.25, 0.3) is 0 Å². The molecule has 184 valence electrons. The summed E-state index contributed by atoms with van der Waals surface area (Å²) in [6.45, 7) is 20.2. The van der Waals surface area contributed by atoms with Crippen molar-refractivity contribution >= 4 is 6.03 Å². The number of benzene rings is 1. The van der Waals surface area contributed by atoms with Crippen LogP contribution in [0, 0.1) is 30.1 Å². The van der Waals surface area contributed by atoms with Crippen molar-refractivity contribution in [1.29, 1.82) is 0 Å². The quantitative estimate of drug-likeness (QED) is 0.445. The normalized spacial score (nSPS) is 25.7. The van der Waals surface area contributed by atoms with E-state index in [1.807, 2.05) is 11.8 Å². The lowest BCUT2D eigenvalue weighted by atomic mass is 9.74. The highest BCUT2D eigenvalue weighted by Crippen LogP contribution is 2.40. The average Bonchev–Trinajstić information content (AvgIpc) is 2.69. The Morgan fingerprint density at radius 2 is 1.91 bits per heavy atom. The van der Waals surface area contributed by atoms with E-state index in [-0.39, 0.29) is 6.03 Å². The van der Waals surface area contributed by atoms with Crippen molar-refractivity contribution < 1.29 is 9.53 Å². The first-order chi connectivity index (χ1) is 15.4. The van der Waals surface area contributed by atoms with Gasteiger partial charge in [-0.05, 0) is 91.9 Å². The minimum atomic E-state index is -0.480. The molecule has 0 bridgehead atoms. The van der Waals surface area contributed by atoms with Crippen LogP contribution < -0.4 is 5.32 Å². The molecule has 0 unspecified atom stereocenters. The minimum absolute atomic E-state index is 0.0182. The monoisotopic (exact) mass is 454 g/mol. The van der Waals surface area contributed by atoms with E-state index in [9.17, 15) is 4.79 Å². The fraction of sp³-hybridized carbons (Fsp3) is 0.690. The van der Waals surface area contributed by atoms with E-state index in [4.69, 9.17) is 4.74 Å². The molecule has 1 aromatic carbocycles. The Kier molecular flexibility index (Phi) is 7.99. The number of urea groups is 1. The first-order valence-electron chi connectivity index (χ1n) is 12.9. The summed E-state index contributed by atoms with van der Waals surface area (Å²) in [7, 11) is 0. The molecule has 0 radical (unpaired) electrons. The maximum absolute atomic E-state index is 13.2. The molecule has 0 spiro atoms. The number of amides is 2. The Balaban J connectivity index is 1.76. The molecule has 1 aliphatic carbocycles. The molecule has 4 heteroatoms. The van der Waals surface area contributed by atoms with Crippen molar-refractivity contribution in [2.75, 3.05) is 19.8 Å². The first-order valence-corrected chi connectivity index (χ1v) is 12.9. The van der Waals surface area contributed by atoms with Gasteiger partial charge < -0.3 is 15.0 Å². The van der Waals surface area contributed by atoms with Gasteiger partial charge >= 0.3 is 6.03 Å². The molecule has 1 heterocycles. The molecule has 1 N–H and O–H groups in total. The third kappa shape index (κ3) is 6.20. The Hall–Kier alpha value is -1.81. The summed E-state index contributed by atoms with van der Waals surface area (Å²) in [4.78, 5) is 15.1. The fourth-order valence-electron chi connectivity index (χ4n) is 5.33. The zero-order chi connectivity index (χ0) is 24.4. The molecule has 1 aliphatic heterocycles. The number of carbonyl (C=O) groups excluding carboxylic acids is 1. The van der Waals surface area contributed by atoms with E-state index in [0.717, 1.165) is 39.0 Å². The van der Waals surface area contributed by atoms with E-state index in [1.165, 1.54) is 28.7 Å². The Labute approximate surface area is 202 Å². The predicted molar refractivity (Wildman–Crippen MR) is 137 cm³/mol. The van der Waals surface area contributed by atoms with Crippen LogP contribution in [-0.2, 0) is 16.7 Å². The summed E-state index contributed by atoms with van der Waals surface area (Å²) in [5.41, 5.74) is 5.01. The van der Waals surface area contributed by atoms with Gasteiger partial charge in [0.1, 0.15) is 0 Å². The molecule has 1 atom stereocenters. The summed E-state index contributed by atoms with van der Waals surface area (Å²) in [6.07, 6.45) is 6.70. The molecule has 1 fully saturated rings. The van der Waals surface area contributed by atoms with Crippen molar-refractivity contribution in [2.45, 2.75) is 86.6 Å². The Morgan fingerprint density at radius 1 is 1.21 bits per heavy atom. The SMILES string of the molecule is CCOCC1CC(CN2C=C(C(C)C)[C@](C)(c3ccc(CCC(C)(C)C)c(C)c3)NC2=O)C1. The molecule has 0 aromatic heterocycles. The summed E-state index contributed by atoms with van der Waals surface area (Å²) in [5, 5.41) is 3.39. The maximum Gasteiger partial charge on any atom is 0.322 e. The van der Waals surface area contributed by atoms with E-state index >= 15 is 0 Å². The number of aryl methyl sites for hydroxylation is 2. The van der Waals surface area contributed by atoms with E-state index in [0.29, 0.717) is 23.2 Å². The number of hydrogen-bond acceptors (Lipinski definition) is 2. The number of carbonyl (C=O) groups is 1. The molecule has 0 saturated heterocycles. The lowest BCUT2D eigenvalue weighted by Gasteiger charge is -2.45. The Bertz CT molecular complexity index is 861. The van der Waals surface area contributed by atoms with Crippen LogP contribution in [0.5, 0.6) is 0 Å². The lowest BCUT2D eigenvalue weighted by Crippen LogP contribution is -2.56. The number of ether oxygens (including phenoxy) is 1. The maximum atomic E-state index is 13.2. The first kappa shape index (κ1) is 25.8. The lowest BCUT2D eigenvalue weighted by molar-refractivity contribution is 0.0429. The summed E-state index contributed by atoms with van der Waals surface area (Å²) >= 11 is 0.